The van der Waals surface area contributed by atoms with Crippen molar-refractivity contribution in [1.82, 2.24) is 15.1 Å². The van der Waals surface area contributed by atoms with E-state index in [2.05, 4.69) is 10.2 Å². The van der Waals surface area contributed by atoms with E-state index in [0.717, 1.165) is 5.56 Å². The Kier molecular flexibility index (Phi) is 5.60. The summed E-state index contributed by atoms with van der Waals surface area (Å²) >= 11 is 0. The van der Waals surface area contributed by atoms with Crippen LogP contribution in [0.1, 0.15) is 55.7 Å². The maximum Gasteiger partial charge on any atom is 0.435 e. The van der Waals surface area contributed by atoms with Crippen LogP contribution in [-0.4, -0.2) is 33.3 Å². The SMILES string of the molecule is CC(C)(C)OC(=O)N1CCc2c(C(F)(F)F)n[nH]c2C1CCc1ccc(F)cc1. The number of aromatic nitrogens is 2. The number of ether oxygens (including phenoxy) is 1. The molecular formula is C20H23F4N3O2. The van der Waals surface area contributed by atoms with E-state index in [4.69, 9.17) is 4.74 Å². The molecule has 1 N–H and O–H groups in total. The summed E-state index contributed by atoms with van der Waals surface area (Å²) in [4.78, 5) is 14.1. The third-order valence-corrected chi connectivity index (χ3v) is 4.73. The van der Waals surface area contributed by atoms with Gasteiger partial charge in [0.05, 0.1) is 11.7 Å². The quantitative estimate of drug-likeness (QED) is 0.718. The Morgan fingerprint density at radius 1 is 1.24 bits per heavy atom. The minimum absolute atomic E-state index is 0.0347. The van der Waals surface area contributed by atoms with Crippen LogP contribution in [0.4, 0.5) is 22.4 Å². The van der Waals surface area contributed by atoms with Crippen molar-refractivity contribution in [3.05, 3.63) is 52.6 Å². The van der Waals surface area contributed by atoms with Crippen molar-refractivity contribution in [2.45, 2.75) is 57.9 Å². The van der Waals surface area contributed by atoms with E-state index in [9.17, 15) is 22.4 Å². The molecule has 1 unspecified atom stereocenters. The van der Waals surface area contributed by atoms with Crippen molar-refractivity contribution < 1.29 is 27.1 Å². The second kappa shape index (κ2) is 7.68. The van der Waals surface area contributed by atoms with Crippen LogP contribution in [0, 0.1) is 5.82 Å². The number of aromatic amines is 1. The largest absolute Gasteiger partial charge is 0.444 e. The van der Waals surface area contributed by atoms with Crippen LogP contribution in [0.15, 0.2) is 24.3 Å². The van der Waals surface area contributed by atoms with E-state index < -0.39 is 29.6 Å². The lowest BCUT2D eigenvalue weighted by Gasteiger charge is -2.36. The van der Waals surface area contributed by atoms with Gasteiger partial charge in [0.25, 0.3) is 0 Å². The lowest BCUT2D eigenvalue weighted by Crippen LogP contribution is -2.43. The predicted octanol–water partition coefficient (Wildman–Crippen LogP) is 5.03. The lowest BCUT2D eigenvalue weighted by molar-refractivity contribution is -0.141. The summed E-state index contributed by atoms with van der Waals surface area (Å²) in [7, 11) is 0. The number of fused-ring (bicyclic) bond motifs is 1. The first kappa shape index (κ1) is 21.1. The number of H-pyrrole nitrogens is 1. The summed E-state index contributed by atoms with van der Waals surface area (Å²) in [6.07, 6.45) is -4.33. The van der Waals surface area contributed by atoms with Gasteiger partial charge in [-0.15, -0.1) is 0 Å². The number of carbonyl (C=O) groups excluding carboxylic acids is 1. The van der Waals surface area contributed by atoms with Crippen molar-refractivity contribution in [1.29, 1.82) is 0 Å². The second-order valence-electron chi connectivity index (χ2n) is 8.07. The average Bonchev–Trinajstić information content (AvgIpc) is 3.04. The molecule has 2 heterocycles. The Morgan fingerprint density at radius 3 is 2.48 bits per heavy atom. The molecule has 0 fully saturated rings. The van der Waals surface area contributed by atoms with Crippen molar-refractivity contribution in [3.63, 3.8) is 0 Å². The molecule has 0 spiro atoms. The average molecular weight is 413 g/mol. The number of halogens is 4. The van der Waals surface area contributed by atoms with Crippen LogP contribution in [0.2, 0.25) is 0 Å². The highest BCUT2D eigenvalue weighted by molar-refractivity contribution is 5.69. The van der Waals surface area contributed by atoms with Gasteiger partial charge in [0.1, 0.15) is 11.4 Å². The van der Waals surface area contributed by atoms with Crippen LogP contribution in [0.3, 0.4) is 0 Å². The topological polar surface area (TPSA) is 58.2 Å². The maximum absolute atomic E-state index is 13.3. The van der Waals surface area contributed by atoms with Crippen molar-refractivity contribution in [2.75, 3.05) is 6.54 Å². The molecule has 3 rings (SSSR count). The molecule has 0 bridgehead atoms. The summed E-state index contributed by atoms with van der Waals surface area (Å²) < 4.78 is 58.4. The van der Waals surface area contributed by atoms with E-state index in [0.29, 0.717) is 12.8 Å². The lowest BCUT2D eigenvalue weighted by atomic mass is 9.93. The smallest absolute Gasteiger partial charge is 0.435 e. The fourth-order valence-corrected chi connectivity index (χ4v) is 3.48. The number of nitrogens with zero attached hydrogens (tertiary/aromatic N) is 2. The number of amides is 1. The molecule has 1 atom stereocenters. The minimum atomic E-state index is -4.57. The number of benzene rings is 1. The Hall–Kier alpha value is -2.58. The molecular weight excluding hydrogens is 390 g/mol. The van der Waals surface area contributed by atoms with E-state index in [1.807, 2.05) is 0 Å². The van der Waals surface area contributed by atoms with E-state index in [1.54, 1.807) is 32.9 Å². The molecule has 1 aromatic carbocycles. The van der Waals surface area contributed by atoms with Gasteiger partial charge >= 0.3 is 12.3 Å². The minimum Gasteiger partial charge on any atom is -0.444 e. The highest BCUT2D eigenvalue weighted by atomic mass is 19.4. The predicted molar refractivity (Wildman–Crippen MR) is 97.7 cm³/mol. The molecule has 29 heavy (non-hydrogen) atoms. The molecule has 0 saturated heterocycles. The first-order valence-electron chi connectivity index (χ1n) is 9.34. The van der Waals surface area contributed by atoms with Crippen LogP contribution < -0.4 is 0 Å². The van der Waals surface area contributed by atoms with Gasteiger partial charge in [0, 0.05) is 12.1 Å². The summed E-state index contributed by atoms with van der Waals surface area (Å²) in [5.74, 6) is -0.368. The van der Waals surface area contributed by atoms with Crippen LogP contribution in [0.25, 0.3) is 0 Å². The van der Waals surface area contributed by atoms with Gasteiger partial charge in [-0.05, 0) is 57.7 Å². The molecule has 0 radical (unpaired) electrons. The number of aryl methyl sites for hydroxylation is 1. The van der Waals surface area contributed by atoms with Crippen molar-refractivity contribution in [3.8, 4) is 0 Å². The summed E-state index contributed by atoms with van der Waals surface area (Å²) in [6.45, 7) is 5.28. The molecule has 5 nitrogen and oxygen atoms in total. The van der Waals surface area contributed by atoms with Crippen LogP contribution in [0.5, 0.6) is 0 Å². The molecule has 0 saturated carbocycles. The second-order valence-corrected chi connectivity index (χ2v) is 8.07. The van der Waals surface area contributed by atoms with Gasteiger partial charge < -0.3 is 4.74 Å². The summed E-state index contributed by atoms with van der Waals surface area (Å²) in [5.41, 5.74) is -0.497. The first-order chi connectivity index (χ1) is 13.5. The Labute approximate surface area is 166 Å². The zero-order valence-corrected chi connectivity index (χ0v) is 16.4. The molecule has 1 aliphatic rings. The summed E-state index contributed by atoms with van der Waals surface area (Å²) in [5, 5.41) is 5.97. The van der Waals surface area contributed by atoms with Crippen molar-refractivity contribution >= 4 is 6.09 Å². The molecule has 158 valence electrons. The Morgan fingerprint density at radius 2 is 1.90 bits per heavy atom. The monoisotopic (exact) mass is 413 g/mol. The van der Waals surface area contributed by atoms with E-state index in [-0.39, 0.29) is 30.0 Å². The third-order valence-electron chi connectivity index (χ3n) is 4.73. The molecule has 9 heteroatoms. The number of hydrogen-bond donors (Lipinski definition) is 1. The highest BCUT2D eigenvalue weighted by Gasteiger charge is 2.43. The van der Waals surface area contributed by atoms with Gasteiger partial charge in [-0.2, -0.15) is 18.3 Å². The standard InChI is InChI=1S/C20H23F4N3O2/c1-19(2,3)29-18(28)27-11-10-14-16(25-26-17(14)20(22,23)24)15(27)9-6-12-4-7-13(21)8-5-12/h4-5,7-8,15H,6,9-11H2,1-3H3,(H,25,26). The number of carbonyl (C=O) groups is 1. The van der Waals surface area contributed by atoms with Gasteiger partial charge in [0.15, 0.2) is 5.69 Å². The van der Waals surface area contributed by atoms with Crippen LogP contribution >= 0.6 is 0 Å². The fourth-order valence-electron chi connectivity index (χ4n) is 3.48. The van der Waals surface area contributed by atoms with E-state index in [1.165, 1.54) is 17.0 Å². The highest BCUT2D eigenvalue weighted by Crippen LogP contribution is 2.39. The Bertz CT molecular complexity index is 869. The molecule has 1 amide bonds. The number of alkyl halides is 3. The van der Waals surface area contributed by atoms with E-state index >= 15 is 0 Å². The van der Waals surface area contributed by atoms with Gasteiger partial charge in [0.2, 0.25) is 0 Å². The third kappa shape index (κ3) is 4.89. The molecule has 2 aromatic rings. The number of hydrogen-bond acceptors (Lipinski definition) is 3. The van der Waals surface area contributed by atoms with Gasteiger partial charge in [-0.25, -0.2) is 9.18 Å². The number of rotatable bonds is 3. The maximum atomic E-state index is 13.3. The molecule has 1 aromatic heterocycles. The number of nitrogens with one attached hydrogen (secondary N) is 1. The van der Waals surface area contributed by atoms with Gasteiger partial charge in [-0.3, -0.25) is 10.00 Å². The zero-order valence-electron chi connectivity index (χ0n) is 16.4. The van der Waals surface area contributed by atoms with Crippen LogP contribution in [-0.2, 0) is 23.8 Å². The summed E-state index contributed by atoms with van der Waals surface area (Å²) in [6, 6.07) is 5.23. The molecule has 0 aliphatic carbocycles. The van der Waals surface area contributed by atoms with Crippen molar-refractivity contribution in [2.24, 2.45) is 0 Å². The fraction of sp³-hybridized carbons (Fsp3) is 0.500. The normalized spacial score (nSPS) is 17.2. The molecule has 1 aliphatic heterocycles. The first-order valence-corrected chi connectivity index (χ1v) is 9.34. The zero-order chi connectivity index (χ0) is 21.4. The van der Waals surface area contributed by atoms with Gasteiger partial charge in [-0.1, -0.05) is 12.1 Å². The Balaban J connectivity index is 1.89.